The predicted octanol–water partition coefficient (Wildman–Crippen LogP) is 1.29. The Balaban J connectivity index is 1.62. The molecule has 1 aromatic heterocycles. The Morgan fingerprint density at radius 3 is 2.43 bits per heavy atom. The summed E-state index contributed by atoms with van der Waals surface area (Å²) in [6.07, 6.45) is -5.66. The quantitative estimate of drug-likeness (QED) is 0.483. The van der Waals surface area contributed by atoms with E-state index in [0.717, 1.165) is 0 Å². The average molecular weight is 435 g/mol. The molecular weight excluding hydrogens is 416 g/mol. The van der Waals surface area contributed by atoms with Crippen molar-refractivity contribution in [2.45, 2.75) is 30.7 Å². The molecule has 1 fully saturated rings. The highest BCUT2D eigenvalue weighted by Gasteiger charge is 2.44. The van der Waals surface area contributed by atoms with E-state index in [1.54, 1.807) is 24.3 Å². The van der Waals surface area contributed by atoms with Crippen LogP contribution in [-0.2, 0) is 4.74 Å². The van der Waals surface area contributed by atoms with Crippen LogP contribution in [0, 0.1) is 0 Å². The van der Waals surface area contributed by atoms with Crippen molar-refractivity contribution >= 4 is 22.6 Å². The van der Waals surface area contributed by atoms with Crippen molar-refractivity contribution < 1.29 is 34.3 Å². The second kappa shape index (κ2) is 8.35. The van der Waals surface area contributed by atoms with Crippen LogP contribution in [0.2, 0.25) is 5.02 Å². The van der Waals surface area contributed by atoms with Crippen LogP contribution in [0.25, 0.3) is 22.1 Å². The number of aliphatic hydroxyl groups is 4. The van der Waals surface area contributed by atoms with Crippen LogP contribution in [0.5, 0.6) is 5.75 Å². The molecule has 30 heavy (non-hydrogen) atoms. The van der Waals surface area contributed by atoms with Crippen molar-refractivity contribution in [3.05, 3.63) is 64.0 Å². The zero-order valence-corrected chi connectivity index (χ0v) is 16.3. The molecule has 0 bridgehead atoms. The molecule has 2 heterocycles. The van der Waals surface area contributed by atoms with Crippen molar-refractivity contribution in [1.29, 1.82) is 0 Å². The third-order valence-corrected chi connectivity index (χ3v) is 5.25. The minimum Gasteiger partial charge on any atom is -0.463 e. The molecular formula is C21H19ClO8. The molecule has 0 amide bonds. The zero-order valence-electron chi connectivity index (χ0n) is 15.5. The molecule has 1 aliphatic heterocycles. The fourth-order valence-electron chi connectivity index (χ4n) is 3.31. The normalized spacial score (nSPS) is 26.6. The van der Waals surface area contributed by atoms with Gasteiger partial charge in [0.15, 0.2) is 5.43 Å². The minimum absolute atomic E-state index is 0.203. The summed E-state index contributed by atoms with van der Waals surface area (Å²) in [4.78, 5) is 12.8. The second-order valence-corrected chi connectivity index (χ2v) is 7.39. The van der Waals surface area contributed by atoms with Gasteiger partial charge in [-0.2, -0.15) is 0 Å². The van der Waals surface area contributed by atoms with E-state index in [-0.39, 0.29) is 16.8 Å². The average Bonchev–Trinajstić information content (AvgIpc) is 2.75. The molecule has 0 aliphatic carbocycles. The van der Waals surface area contributed by atoms with E-state index in [2.05, 4.69) is 0 Å². The minimum atomic E-state index is -1.55. The third kappa shape index (κ3) is 3.81. The van der Waals surface area contributed by atoms with Crippen LogP contribution in [-0.4, -0.2) is 57.7 Å². The maximum atomic E-state index is 12.8. The standard InChI is InChI=1S/C21H19ClO8/c22-11-3-1-10(2-4-11)14-9-28-15-7-12(5-6-13(15)17(14)24)29-21-20(27)19(26)18(25)16(8-23)30-21/h1-7,9,16,18-21,23,25-27H,8H2. The summed E-state index contributed by atoms with van der Waals surface area (Å²) in [7, 11) is 0. The van der Waals surface area contributed by atoms with E-state index >= 15 is 0 Å². The first-order chi connectivity index (χ1) is 14.4. The molecule has 9 heteroatoms. The van der Waals surface area contributed by atoms with Gasteiger partial charge in [0.1, 0.15) is 42.0 Å². The van der Waals surface area contributed by atoms with Crippen molar-refractivity contribution in [3.8, 4) is 16.9 Å². The second-order valence-electron chi connectivity index (χ2n) is 6.96. The molecule has 0 saturated carbocycles. The number of halogens is 1. The Labute approximate surface area is 175 Å². The first-order valence-corrected chi connectivity index (χ1v) is 9.55. The van der Waals surface area contributed by atoms with Crippen LogP contribution in [0.3, 0.4) is 0 Å². The van der Waals surface area contributed by atoms with Gasteiger partial charge in [-0.1, -0.05) is 23.7 Å². The SMILES string of the molecule is O=c1c(-c2ccc(Cl)cc2)coc2cc(OC3OC(CO)C(O)C(O)C3O)ccc12. The Morgan fingerprint density at radius 1 is 1.00 bits per heavy atom. The Hall–Kier alpha value is -2.46. The number of rotatable bonds is 4. The van der Waals surface area contributed by atoms with Crippen LogP contribution >= 0.6 is 11.6 Å². The van der Waals surface area contributed by atoms with Crippen LogP contribution < -0.4 is 10.2 Å². The highest BCUT2D eigenvalue weighted by molar-refractivity contribution is 6.30. The summed E-state index contributed by atoms with van der Waals surface area (Å²) < 4.78 is 16.5. The van der Waals surface area contributed by atoms with E-state index in [9.17, 15) is 25.2 Å². The fourth-order valence-corrected chi connectivity index (χ4v) is 3.44. The van der Waals surface area contributed by atoms with Crippen molar-refractivity contribution in [1.82, 2.24) is 0 Å². The van der Waals surface area contributed by atoms with Gasteiger partial charge in [-0.05, 0) is 29.8 Å². The first kappa shape index (κ1) is 20.8. The van der Waals surface area contributed by atoms with Gasteiger partial charge in [-0.15, -0.1) is 0 Å². The maximum absolute atomic E-state index is 12.8. The smallest absolute Gasteiger partial charge is 0.229 e. The molecule has 4 rings (SSSR count). The first-order valence-electron chi connectivity index (χ1n) is 9.17. The Morgan fingerprint density at radius 2 is 1.73 bits per heavy atom. The lowest BCUT2D eigenvalue weighted by Gasteiger charge is -2.39. The molecule has 0 spiro atoms. The molecule has 5 atom stereocenters. The van der Waals surface area contributed by atoms with Gasteiger partial charge in [0, 0.05) is 11.1 Å². The molecule has 1 aliphatic rings. The highest BCUT2D eigenvalue weighted by Crippen LogP contribution is 2.27. The lowest BCUT2D eigenvalue weighted by molar-refractivity contribution is -0.277. The lowest BCUT2D eigenvalue weighted by Crippen LogP contribution is -2.60. The number of aliphatic hydroxyl groups excluding tert-OH is 4. The molecule has 1 saturated heterocycles. The number of ether oxygens (including phenoxy) is 2. The Kier molecular flexibility index (Phi) is 5.79. The predicted molar refractivity (Wildman–Crippen MR) is 107 cm³/mol. The maximum Gasteiger partial charge on any atom is 0.229 e. The fraction of sp³-hybridized carbons (Fsp3) is 0.286. The van der Waals surface area contributed by atoms with Crippen molar-refractivity contribution in [2.75, 3.05) is 6.61 Å². The summed E-state index contributed by atoms with van der Waals surface area (Å²) in [6, 6.07) is 11.3. The van der Waals surface area contributed by atoms with Gasteiger partial charge in [-0.25, -0.2) is 0 Å². The number of fused-ring (bicyclic) bond motifs is 1. The summed E-state index contributed by atoms with van der Waals surface area (Å²) in [5.41, 5.74) is 1.05. The molecule has 158 valence electrons. The van der Waals surface area contributed by atoms with E-state index in [1.807, 2.05) is 0 Å². The van der Waals surface area contributed by atoms with Gasteiger partial charge < -0.3 is 34.3 Å². The third-order valence-electron chi connectivity index (χ3n) is 5.00. The molecule has 4 N–H and O–H groups in total. The molecule has 8 nitrogen and oxygen atoms in total. The molecule has 3 aromatic rings. The van der Waals surface area contributed by atoms with Gasteiger partial charge >= 0.3 is 0 Å². The number of hydrogen-bond donors (Lipinski definition) is 4. The lowest BCUT2D eigenvalue weighted by atomic mass is 9.99. The van der Waals surface area contributed by atoms with Crippen LogP contribution in [0.1, 0.15) is 0 Å². The molecule has 0 radical (unpaired) electrons. The molecule has 2 aromatic carbocycles. The van der Waals surface area contributed by atoms with Crippen LogP contribution in [0.15, 0.2) is 57.9 Å². The largest absolute Gasteiger partial charge is 0.463 e. The van der Waals surface area contributed by atoms with Gasteiger partial charge in [0.2, 0.25) is 6.29 Å². The van der Waals surface area contributed by atoms with Crippen molar-refractivity contribution in [3.63, 3.8) is 0 Å². The number of hydrogen-bond acceptors (Lipinski definition) is 8. The Bertz CT molecular complexity index is 1090. The van der Waals surface area contributed by atoms with E-state index in [1.165, 1.54) is 24.5 Å². The van der Waals surface area contributed by atoms with E-state index in [4.69, 9.17) is 25.5 Å². The number of benzene rings is 2. The zero-order chi connectivity index (χ0) is 21.4. The van der Waals surface area contributed by atoms with E-state index < -0.39 is 37.3 Å². The highest BCUT2D eigenvalue weighted by atomic mass is 35.5. The van der Waals surface area contributed by atoms with E-state index in [0.29, 0.717) is 21.5 Å². The van der Waals surface area contributed by atoms with Crippen molar-refractivity contribution in [2.24, 2.45) is 0 Å². The summed E-state index contributed by atoms with van der Waals surface area (Å²) in [6.45, 7) is -0.565. The van der Waals surface area contributed by atoms with Crippen LogP contribution in [0.4, 0.5) is 0 Å². The van der Waals surface area contributed by atoms with Gasteiger partial charge in [0.05, 0.1) is 17.6 Å². The topological polar surface area (TPSA) is 130 Å². The summed E-state index contributed by atoms with van der Waals surface area (Å²) >= 11 is 5.89. The summed E-state index contributed by atoms with van der Waals surface area (Å²) in [5.74, 6) is 0.203. The summed E-state index contributed by atoms with van der Waals surface area (Å²) in [5, 5.41) is 40.0. The van der Waals surface area contributed by atoms with Gasteiger partial charge in [-0.3, -0.25) is 4.79 Å². The molecule has 5 unspecified atom stereocenters. The monoisotopic (exact) mass is 434 g/mol. The van der Waals surface area contributed by atoms with Gasteiger partial charge in [0.25, 0.3) is 0 Å².